The number of carbonyl (C=O) groups is 1. The Labute approximate surface area is 80.5 Å². The van der Waals surface area contributed by atoms with Crippen molar-refractivity contribution in [1.29, 1.82) is 0 Å². The minimum atomic E-state index is -1.26. The van der Waals surface area contributed by atoms with E-state index in [4.69, 9.17) is 5.11 Å². The van der Waals surface area contributed by atoms with E-state index in [1.54, 1.807) is 0 Å². The highest BCUT2D eigenvalue weighted by molar-refractivity contribution is 9.10. The van der Waals surface area contributed by atoms with E-state index in [0.717, 1.165) is 12.4 Å². The van der Waals surface area contributed by atoms with Crippen LogP contribution in [0, 0.1) is 10.1 Å². The third-order valence-corrected chi connectivity index (χ3v) is 2.12. The summed E-state index contributed by atoms with van der Waals surface area (Å²) in [6.45, 7) is 0. The molecule has 0 radical (unpaired) electrons. The second-order valence-electron chi connectivity index (χ2n) is 2.08. The smallest absolute Gasteiger partial charge is 0.338 e. The molecule has 0 amide bonds. The van der Waals surface area contributed by atoms with E-state index < -0.39 is 10.9 Å². The molecule has 68 valence electrons. The lowest BCUT2D eigenvalue weighted by Crippen LogP contribution is -2.01. The first-order chi connectivity index (χ1) is 6.04. The van der Waals surface area contributed by atoms with Crippen LogP contribution in [-0.2, 0) is 0 Å². The molecule has 0 aliphatic rings. The van der Waals surface area contributed by atoms with E-state index in [9.17, 15) is 14.9 Å². The number of nitro groups is 1. The van der Waals surface area contributed by atoms with Crippen LogP contribution in [0.4, 0.5) is 5.69 Å². The van der Waals surface area contributed by atoms with Crippen molar-refractivity contribution in [3.63, 3.8) is 0 Å². The predicted molar refractivity (Wildman–Crippen MR) is 45.6 cm³/mol. The van der Waals surface area contributed by atoms with Gasteiger partial charge in [0.25, 0.3) is 0 Å². The fourth-order valence-corrected chi connectivity index (χ4v) is 1.23. The summed E-state index contributed by atoms with van der Waals surface area (Å²) in [5, 5.41) is 18.9. The number of pyridine rings is 1. The number of rotatable bonds is 2. The molecule has 0 bridgehead atoms. The zero-order chi connectivity index (χ0) is 10.0. The lowest BCUT2D eigenvalue weighted by Gasteiger charge is -1.97. The van der Waals surface area contributed by atoms with Crippen molar-refractivity contribution < 1.29 is 14.8 Å². The Balaban J connectivity index is 3.35. The van der Waals surface area contributed by atoms with Crippen LogP contribution < -0.4 is 0 Å². The Bertz CT molecular complexity index is 347. The minimum Gasteiger partial charge on any atom is -0.478 e. The number of nitrogens with zero attached hydrogens (tertiary/aromatic N) is 2. The lowest BCUT2D eigenvalue weighted by molar-refractivity contribution is -0.386. The lowest BCUT2D eigenvalue weighted by atomic mass is 10.3. The molecule has 1 aromatic heterocycles. The number of aromatic nitrogens is 1. The summed E-state index contributed by atoms with van der Waals surface area (Å²) in [5.74, 6) is -1.26. The fourth-order valence-electron chi connectivity index (χ4n) is 0.710. The number of hydrogen-bond acceptors (Lipinski definition) is 4. The fraction of sp³-hybridized carbons (Fsp3) is 0. The third kappa shape index (κ3) is 1.81. The molecule has 0 aliphatic carbocycles. The zero-order valence-corrected chi connectivity index (χ0v) is 7.69. The maximum Gasteiger partial charge on any atom is 0.338 e. The first-order valence-corrected chi connectivity index (χ1v) is 3.84. The molecule has 7 heteroatoms. The second kappa shape index (κ2) is 3.48. The van der Waals surface area contributed by atoms with Crippen LogP contribution in [0.3, 0.4) is 0 Å². The number of halogens is 1. The predicted octanol–water partition coefficient (Wildman–Crippen LogP) is 1.45. The number of aromatic carboxylic acids is 1. The molecule has 0 spiro atoms. The highest BCUT2D eigenvalue weighted by Crippen LogP contribution is 2.26. The van der Waals surface area contributed by atoms with E-state index in [-0.39, 0.29) is 15.7 Å². The summed E-state index contributed by atoms with van der Waals surface area (Å²) in [5.41, 5.74) is -0.589. The van der Waals surface area contributed by atoms with Gasteiger partial charge in [-0.15, -0.1) is 0 Å². The number of carboxylic acid groups (broad SMARTS) is 1. The Hall–Kier alpha value is -1.50. The normalized spacial score (nSPS) is 9.62. The van der Waals surface area contributed by atoms with Gasteiger partial charge >= 0.3 is 11.7 Å². The van der Waals surface area contributed by atoms with E-state index in [1.807, 2.05) is 0 Å². The van der Waals surface area contributed by atoms with Crippen molar-refractivity contribution in [3.8, 4) is 0 Å². The van der Waals surface area contributed by atoms with Crippen LogP contribution >= 0.6 is 15.9 Å². The Morgan fingerprint density at radius 2 is 2.23 bits per heavy atom. The molecule has 1 N–H and O–H groups in total. The molecule has 6 nitrogen and oxygen atoms in total. The van der Waals surface area contributed by atoms with Crippen LogP contribution in [-0.4, -0.2) is 21.0 Å². The summed E-state index contributed by atoms with van der Waals surface area (Å²) >= 11 is 2.82. The maximum atomic E-state index is 10.5. The second-order valence-corrected chi connectivity index (χ2v) is 2.88. The molecule has 1 rings (SSSR count). The molecule has 13 heavy (non-hydrogen) atoms. The minimum absolute atomic E-state index is 0.0694. The molecular formula is C6H3BrN2O4. The van der Waals surface area contributed by atoms with Gasteiger partial charge in [0.2, 0.25) is 0 Å². The van der Waals surface area contributed by atoms with Crippen molar-refractivity contribution in [2.24, 2.45) is 0 Å². The van der Waals surface area contributed by atoms with E-state index in [0.29, 0.717) is 0 Å². The average Bonchev–Trinajstić information content (AvgIpc) is 2.03. The van der Waals surface area contributed by atoms with Crippen LogP contribution in [0.15, 0.2) is 16.9 Å². The highest BCUT2D eigenvalue weighted by Gasteiger charge is 2.19. The van der Waals surface area contributed by atoms with E-state index in [1.165, 1.54) is 0 Å². The summed E-state index contributed by atoms with van der Waals surface area (Å²) < 4.78 is -0.0694. The molecule has 0 saturated carbocycles. The largest absolute Gasteiger partial charge is 0.478 e. The molecule has 1 heterocycles. The van der Waals surface area contributed by atoms with Gasteiger partial charge in [-0.05, 0) is 15.9 Å². The first-order valence-electron chi connectivity index (χ1n) is 3.05. The highest BCUT2D eigenvalue weighted by atomic mass is 79.9. The SMILES string of the molecule is O=C(O)c1cncc([N+](=O)[O-])c1Br. The summed E-state index contributed by atoms with van der Waals surface area (Å²) in [7, 11) is 0. The van der Waals surface area contributed by atoms with Crippen LogP contribution in [0.25, 0.3) is 0 Å². The summed E-state index contributed by atoms with van der Waals surface area (Å²) in [6, 6.07) is 0. The van der Waals surface area contributed by atoms with Gasteiger partial charge in [-0.1, -0.05) is 0 Å². The van der Waals surface area contributed by atoms with Crippen molar-refractivity contribution >= 4 is 27.6 Å². The number of hydrogen-bond donors (Lipinski definition) is 1. The van der Waals surface area contributed by atoms with Crippen molar-refractivity contribution in [2.75, 3.05) is 0 Å². The topological polar surface area (TPSA) is 93.3 Å². The van der Waals surface area contributed by atoms with Gasteiger partial charge in [0.05, 0.1) is 10.5 Å². The maximum absolute atomic E-state index is 10.5. The van der Waals surface area contributed by atoms with E-state index >= 15 is 0 Å². The third-order valence-electron chi connectivity index (χ3n) is 1.29. The van der Waals surface area contributed by atoms with Crippen LogP contribution in [0.2, 0.25) is 0 Å². The van der Waals surface area contributed by atoms with Crippen LogP contribution in [0.5, 0.6) is 0 Å². The molecule has 0 saturated heterocycles. The average molecular weight is 247 g/mol. The van der Waals surface area contributed by atoms with Crippen molar-refractivity contribution in [1.82, 2.24) is 4.98 Å². The van der Waals surface area contributed by atoms with Gasteiger partial charge in [-0.25, -0.2) is 4.79 Å². The molecule has 0 unspecified atom stereocenters. The molecule has 0 aromatic carbocycles. The first kappa shape index (κ1) is 9.59. The molecule has 0 aliphatic heterocycles. The molecule has 1 aromatic rings. The standard InChI is InChI=1S/C6H3BrN2O4/c7-5-3(6(10)11)1-8-2-4(5)9(12)13/h1-2H,(H,10,11). The summed E-state index contributed by atoms with van der Waals surface area (Å²) in [6.07, 6.45) is 2.02. The van der Waals surface area contributed by atoms with Gasteiger partial charge in [0.1, 0.15) is 10.7 Å². The van der Waals surface area contributed by atoms with Gasteiger partial charge in [0.15, 0.2) is 0 Å². The van der Waals surface area contributed by atoms with Crippen molar-refractivity contribution in [3.05, 3.63) is 32.5 Å². The zero-order valence-electron chi connectivity index (χ0n) is 6.10. The molecule has 0 atom stereocenters. The quantitative estimate of drug-likeness (QED) is 0.630. The van der Waals surface area contributed by atoms with Gasteiger partial charge in [0, 0.05) is 6.20 Å². The van der Waals surface area contributed by atoms with Crippen molar-refractivity contribution in [2.45, 2.75) is 0 Å². The Morgan fingerprint density at radius 1 is 1.62 bits per heavy atom. The number of carboxylic acids is 1. The Morgan fingerprint density at radius 3 is 2.69 bits per heavy atom. The van der Waals surface area contributed by atoms with E-state index in [2.05, 4.69) is 20.9 Å². The van der Waals surface area contributed by atoms with Gasteiger partial charge in [-0.2, -0.15) is 0 Å². The summed E-state index contributed by atoms with van der Waals surface area (Å²) in [4.78, 5) is 23.6. The van der Waals surface area contributed by atoms with Gasteiger partial charge in [-0.3, -0.25) is 15.1 Å². The molecular weight excluding hydrogens is 244 g/mol. The Kier molecular flexibility index (Phi) is 2.57. The monoisotopic (exact) mass is 246 g/mol. The van der Waals surface area contributed by atoms with Crippen LogP contribution in [0.1, 0.15) is 10.4 Å². The van der Waals surface area contributed by atoms with Gasteiger partial charge < -0.3 is 5.11 Å². The molecule has 0 fully saturated rings.